The quantitative estimate of drug-likeness (QED) is 0.886. The number of carbonyl (C=O) groups excluding carboxylic acids is 1. The summed E-state index contributed by atoms with van der Waals surface area (Å²) in [4.78, 5) is 23.3. The van der Waals surface area contributed by atoms with Crippen molar-refractivity contribution in [1.82, 2.24) is 9.97 Å². The van der Waals surface area contributed by atoms with Gasteiger partial charge in [-0.3, -0.25) is 4.79 Å². The van der Waals surface area contributed by atoms with E-state index in [0.29, 0.717) is 17.3 Å². The second-order valence-corrected chi connectivity index (χ2v) is 7.10. The third-order valence-corrected chi connectivity index (χ3v) is 4.34. The van der Waals surface area contributed by atoms with Crippen LogP contribution in [0.4, 0.5) is 11.5 Å². The fourth-order valence-corrected chi connectivity index (χ4v) is 3.08. The van der Waals surface area contributed by atoms with Gasteiger partial charge in [0, 0.05) is 18.8 Å². The van der Waals surface area contributed by atoms with Crippen molar-refractivity contribution < 1.29 is 9.53 Å². The van der Waals surface area contributed by atoms with Gasteiger partial charge in [-0.05, 0) is 56.9 Å². The Morgan fingerprint density at radius 1 is 1.23 bits per heavy atom. The number of hydrogen-bond donors (Lipinski definition) is 1. The number of hydrogen-bond acceptors (Lipinski definition) is 5. The Labute approximate surface area is 154 Å². The summed E-state index contributed by atoms with van der Waals surface area (Å²) < 4.78 is 5.60. The molecule has 1 atom stereocenters. The predicted octanol–water partition coefficient (Wildman–Crippen LogP) is 3.75. The molecule has 1 aromatic heterocycles. The van der Waals surface area contributed by atoms with Crippen LogP contribution in [-0.4, -0.2) is 35.1 Å². The van der Waals surface area contributed by atoms with Gasteiger partial charge >= 0.3 is 0 Å². The number of benzene rings is 1. The van der Waals surface area contributed by atoms with Crippen molar-refractivity contribution in [3.05, 3.63) is 42.4 Å². The van der Waals surface area contributed by atoms with E-state index in [0.717, 1.165) is 24.7 Å². The van der Waals surface area contributed by atoms with Crippen LogP contribution in [0.3, 0.4) is 0 Å². The number of anilines is 2. The summed E-state index contributed by atoms with van der Waals surface area (Å²) in [6.07, 6.45) is 5.77. The van der Waals surface area contributed by atoms with Gasteiger partial charge in [-0.15, -0.1) is 0 Å². The molecule has 2 aromatic rings. The molecule has 6 heteroatoms. The highest BCUT2D eigenvalue weighted by Gasteiger charge is 2.18. The lowest BCUT2D eigenvalue weighted by Crippen LogP contribution is -2.35. The van der Waals surface area contributed by atoms with Crippen molar-refractivity contribution in [2.75, 3.05) is 23.3 Å². The standard InChI is InChI=1S/C20H26N4O2/c1-14(2)26-17-8-6-16(7-9-17)23-20(25)18-11-22-19(12-21-18)24-10-4-5-15(3)13-24/h6-9,11-12,14-15H,4-5,10,13H2,1-3H3,(H,23,25). The van der Waals surface area contributed by atoms with E-state index >= 15 is 0 Å². The normalized spacial score (nSPS) is 17.2. The first-order chi connectivity index (χ1) is 12.5. The second-order valence-electron chi connectivity index (χ2n) is 7.10. The van der Waals surface area contributed by atoms with Crippen LogP contribution >= 0.6 is 0 Å². The minimum Gasteiger partial charge on any atom is -0.491 e. The Balaban J connectivity index is 1.61. The van der Waals surface area contributed by atoms with Crippen LogP contribution in [0.15, 0.2) is 36.7 Å². The Bertz CT molecular complexity index is 728. The highest BCUT2D eigenvalue weighted by atomic mass is 16.5. The molecule has 1 aromatic carbocycles. The molecule has 6 nitrogen and oxygen atoms in total. The van der Waals surface area contributed by atoms with Gasteiger partial charge in [0.25, 0.3) is 5.91 Å². The maximum Gasteiger partial charge on any atom is 0.275 e. The first-order valence-electron chi connectivity index (χ1n) is 9.16. The maximum atomic E-state index is 12.4. The van der Waals surface area contributed by atoms with Crippen molar-refractivity contribution in [2.45, 2.75) is 39.7 Å². The van der Waals surface area contributed by atoms with Gasteiger partial charge in [0.1, 0.15) is 17.3 Å². The van der Waals surface area contributed by atoms with E-state index in [4.69, 9.17) is 4.74 Å². The second kappa shape index (κ2) is 8.17. The molecule has 1 saturated heterocycles. The molecule has 1 amide bonds. The Morgan fingerprint density at radius 3 is 2.62 bits per heavy atom. The van der Waals surface area contributed by atoms with Gasteiger partial charge in [0.05, 0.1) is 18.5 Å². The molecule has 0 saturated carbocycles. The van der Waals surface area contributed by atoms with Crippen molar-refractivity contribution in [1.29, 1.82) is 0 Å². The third-order valence-electron chi connectivity index (χ3n) is 4.34. The van der Waals surface area contributed by atoms with Crippen LogP contribution in [0.25, 0.3) is 0 Å². The fourth-order valence-electron chi connectivity index (χ4n) is 3.08. The minimum atomic E-state index is -0.270. The van der Waals surface area contributed by atoms with Crippen LogP contribution in [0.2, 0.25) is 0 Å². The number of nitrogens with one attached hydrogen (secondary N) is 1. The third kappa shape index (κ3) is 4.71. The molecule has 1 unspecified atom stereocenters. The molecule has 0 spiro atoms. The first kappa shape index (κ1) is 18.2. The summed E-state index contributed by atoms with van der Waals surface area (Å²) >= 11 is 0. The molecule has 0 bridgehead atoms. The molecular formula is C20H26N4O2. The molecule has 2 heterocycles. The number of piperidine rings is 1. The number of ether oxygens (including phenoxy) is 1. The number of carbonyl (C=O) groups is 1. The van der Waals surface area contributed by atoms with Gasteiger partial charge < -0.3 is 15.0 Å². The maximum absolute atomic E-state index is 12.4. The van der Waals surface area contributed by atoms with Crippen LogP contribution in [0.1, 0.15) is 44.1 Å². The topological polar surface area (TPSA) is 67.4 Å². The Kier molecular flexibility index (Phi) is 5.71. The molecule has 1 fully saturated rings. The van der Waals surface area contributed by atoms with Gasteiger partial charge in [-0.25, -0.2) is 9.97 Å². The number of amides is 1. The molecule has 26 heavy (non-hydrogen) atoms. The summed E-state index contributed by atoms with van der Waals surface area (Å²) in [5.41, 5.74) is 1.00. The summed E-state index contributed by atoms with van der Waals surface area (Å²) in [6, 6.07) is 7.29. The van der Waals surface area contributed by atoms with Crippen molar-refractivity contribution in [3.8, 4) is 5.75 Å². The van der Waals surface area contributed by atoms with Gasteiger partial charge in [0.2, 0.25) is 0 Å². The van der Waals surface area contributed by atoms with Gasteiger partial charge in [-0.2, -0.15) is 0 Å². The average molecular weight is 354 g/mol. The largest absolute Gasteiger partial charge is 0.491 e. The predicted molar refractivity (Wildman–Crippen MR) is 103 cm³/mol. The van der Waals surface area contributed by atoms with Crippen molar-refractivity contribution >= 4 is 17.4 Å². The van der Waals surface area contributed by atoms with Gasteiger partial charge in [-0.1, -0.05) is 6.92 Å². The fraction of sp³-hybridized carbons (Fsp3) is 0.450. The monoisotopic (exact) mass is 354 g/mol. The number of aromatic nitrogens is 2. The molecule has 1 N–H and O–H groups in total. The molecule has 1 aliphatic heterocycles. The smallest absolute Gasteiger partial charge is 0.275 e. The van der Waals surface area contributed by atoms with Crippen molar-refractivity contribution in [3.63, 3.8) is 0 Å². The minimum absolute atomic E-state index is 0.118. The van der Waals surface area contributed by atoms with E-state index in [1.165, 1.54) is 12.8 Å². The first-order valence-corrected chi connectivity index (χ1v) is 9.16. The van der Waals surface area contributed by atoms with Gasteiger partial charge in [0.15, 0.2) is 0 Å². The van der Waals surface area contributed by atoms with E-state index in [-0.39, 0.29) is 12.0 Å². The molecule has 0 aliphatic carbocycles. The van der Waals surface area contributed by atoms with Crippen molar-refractivity contribution in [2.24, 2.45) is 5.92 Å². The lowest BCUT2D eigenvalue weighted by molar-refractivity contribution is 0.102. The Morgan fingerprint density at radius 2 is 2.00 bits per heavy atom. The zero-order valence-corrected chi connectivity index (χ0v) is 15.6. The average Bonchev–Trinajstić information content (AvgIpc) is 2.63. The summed E-state index contributed by atoms with van der Waals surface area (Å²) in [7, 11) is 0. The van der Waals surface area contributed by atoms with E-state index in [1.54, 1.807) is 12.4 Å². The highest BCUT2D eigenvalue weighted by molar-refractivity contribution is 6.02. The summed E-state index contributed by atoms with van der Waals surface area (Å²) in [5.74, 6) is 2.01. The molecule has 138 valence electrons. The van der Waals surface area contributed by atoms with Crippen LogP contribution in [0.5, 0.6) is 5.75 Å². The van der Waals surface area contributed by atoms with Crippen LogP contribution in [-0.2, 0) is 0 Å². The summed E-state index contributed by atoms with van der Waals surface area (Å²) in [6.45, 7) is 8.18. The van der Waals surface area contributed by atoms with E-state index < -0.39 is 0 Å². The molecule has 1 aliphatic rings. The zero-order chi connectivity index (χ0) is 18.5. The van der Waals surface area contributed by atoms with E-state index in [9.17, 15) is 4.79 Å². The number of nitrogens with zero attached hydrogens (tertiary/aromatic N) is 3. The molecular weight excluding hydrogens is 328 g/mol. The zero-order valence-electron chi connectivity index (χ0n) is 15.6. The number of rotatable bonds is 5. The Hall–Kier alpha value is -2.63. The molecule has 3 rings (SSSR count). The SMILES string of the molecule is CC1CCCN(c2cnc(C(=O)Nc3ccc(OC(C)C)cc3)cn2)C1. The van der Waals surface area contributed by atoms with Crippen LogP contribution in [0, 0.1) is 5.92 Å². The lowest BCUT2D eigenvalue weighted by Gasteiger charge is -2.31. The van der Waals surface area contributed by atoms with Crippen LogP contribution < -0.4 is 15.0 Å². The van der Waals surface area contributed by atoms with E-state index in [1.807, 2.05) is 38.1 Å². The van der Waals surface area contributed by atoms with E-state index in [2.05, 4.69) is 27.1 Å². The summed E-state index contributed by atoms with van der Waals surface area (Å²) in [5, 5.41) is 2.83. The highest BCUT2D eigenvalue weighted by Crippen LogP contribution is 2.21. The lowest BCUT2D eigenvalue weighted by atomic mass is 10.0. The molecule has 0 radical (unpaired) electrons.